The fourth-order valence-electron chi connectivity index (χ4n) is 3.03. The molecule has 114 valence electrons. The first-order valence-corrected chi connectivity index (χ1v) is 7.92. The van der Waals surface area contributed by atoms with Crippen molar-refractivity contribution in [3.05, 3.63) is 24.0 Å². The molecule has 0 bridgehead atoms. The van der Waals surface area contributed by atoms with Crippen LogP contribution in [0.25, 0.3) is 5.65 Å². The van der Waals surface area contributed by atoms with Gasteiger partial charge in [-0.05, 0) is 49.9 Å². The van der Waals surface area contributed by atoms with Crippen LogP contribution in [0.4, 0.5) is 5.82 Å². The van der Waals surface area contributed by atoms with Crippen LogP contribution in [0.2, 0.25) is 0 Å². The third kappa shape index (κ3) is 3.18. The van der Waals surface area contributed by atoms with Gasteiger partial charge in [0.05, 0.1) is 0 Å². The van der Waals surface area contributed by atoms with E-state index in [1.165, 1.54) is 24.2 Å². The fraction of sp³-hybridized carbons (Fsp3) is 0.625. The summed E-state index contributed by atoms with van der Waals surface area (Å²) in [6.07, 6.45) is 4.12. The normalized spacial score (nSPS) is 17.0. The van der Waals surface area contributed by atoms with E-state index < -0.39 is 0 Å². The van der Waals surface area contributed by atoms with E-state index in [-0.39, 0.29) is 0 Å². The molecule has 1 aliphatic rings. The number of hydrogen-bond donors (Lipinski definition) is 1. The monoisotopic (exact) mass is 287 g/mol. The standard InChI is InChI=1S/C16H25N5/c1-12(2)17-10-14-4-6-20(7-5-14)16-9-13(3)8-15-18-11-19-21(15)16/h8-9,11-12,14,17H,4-7,10H2,1-3H3. The van der Waals surface area contributed by atoms with Crippen LogP contribution in [0, 0.1) is 12.8 Å². The van der Waals surface area contributed by atoms with Gasteiger partial charge in [-0.3, -0.25) is 0 Å². The smallest absolute Gasteiger partial charge is 0.157 e. The largest absolute Gasteiger partial charge is 0.356 e. The van der Waals surface area contributed by atoms with Crippen molar-refractivity contribution in [2.45, 2.75) is 39.7 Å². The Kier molecular flexibility index (Phi) is 4.10. The van der Waals surface area contributed by atoms with Gasteiger partial charge in [0.2, 0.25) is 0 Å². The minimum absolute atomic E-state index is 0.578. The Labute approximate surface area is 126 Å². The fourth-order valence-corrected chi connectivity index (χ4v) is 3.03. The summed E-state index contributed by atoms with van der Waals surface area (Å²) < 4.78 is 1.96. The number of piperidine rings is 1. The maximum atomic E-state index is 4.37. The predicted molar refractivity (Wildman–Crippen MR) is 85.8 cm³/mol. The van der Waals surface area contributed by atoms with Crippen molar-refractivity contribution in [1.82, 2.24) is 19.9 Å². The molecule has 21 heavy (non-hydrogen) atoms. The number of nitrogens with one attached hydrogen (secondary N) is 1. The van der Waals surface area contributed by atoms with Gasteiger partial charge >= 0.3 is 0 Å². The number of fused-ring (bicyclic) bond motifs is 1. The summed E-state index contributed by atoms with van der Waals surface area (Å²) in [5, 5.41) is 7.92. The highest BCUT2D eigenvalue weighted by Crippen LogP contribution is 2.24. The molecule has 0 aliphatic carbocycles. The Bertz CT molecular complexity index is 596. The first-order chi connectivity index (χ1) is 10.1. The van der Waals surface area contributed by atoms with Gasteiger partial charge in [-0.25, -0.2) is 4.98 Å². The molecule has 3 rings (SSSR count). The van der Waals surface area contributed by atoms with E-state index in [4.69, 9.17) is 0 Å². The lowest BCUT2D eigenvalue weighted by molar-refractivity contribution is 0.369. The van der Waals surface area contributed by atoms with Gasteiger partial charge in [0, 0.05) is 19.1 Å². The Hall–Kier alpha value is -1.62. The average Bonchev–Trinajstić information content (AvgIpc) is 2.93. The molecule has 3 heterocycles. The second-order valence-corrected chi connectivity index (χ2v) is 6.41. The molecule has 0 amide bonds. The maximum Gasteiger partial charge on any atom is 0.157 e. The topological polar surface area (TPSA) is 45.5 Å². The Morgan fingerprint density at radius 1 is 1.29 bits per heavy atom. The van der Waals surface area contributed by atoms with E-state index in [2.05, 4.69) is 53.2 Å². The molecule has 1 saturated heterocycles. The molecule has 2 aromatic rings. The summed E-state index contributed by atoms with van der Waals surface area (Å²) >= 11 is 0. The molecule has 1 fully saturated rings. The number of hydrogen-bond acceptors (Lipinski definition) is 4. The average molecular weight is 287 g/mol. The zero-order valence-electron chi connectivity index (χ0n) is 13.2. The van der Waals surface area contributed by atoms with E-state index in [1.807, 2.05) is 4.52 Å². The Morgan fingerprint density at radius 2 is 2.05 bits per heavy atom. The lowest BCUT2D eigenvalue weighted by atomic mass is 9.96. The second-order valence-electron chi connectivity index (χ2n) is 6.41. The first kappa shape index (κ1) is 14.3. The molecule has 0 spiro atoms. The molecule has 1 N–H and O–H groups in total. The number of nitrogens with zero attached hydrogens (tertiary/aromatic N) is 4. The van der Waals surface area contributed by atoms with Crippen LogP contribution in [0.3, 0.4) is 0 Å². The third-order valence-electron chi connectivity index (χ3n) is 4.26. The molecule has 5 nitrogen and oxygen atoms in total. The number of aryl methyl sites for hydroxylation is 1. The molecule has 0 saturated carbocycles. The van der Waals surface area contributed by atoms with E-state index >= 15 is 0 Å². The predicted octanol–water partition coefficient (Wildman–Crippen LogP) is 2.25. The number of pyridine rings is 1. The Balaban J connectivity index is 1.69. The van der Waals surface area contributed by atoms with Gasteiger partial charge < -0.3 is 10.2 Å². The van der Waals surface area contributed by atoms with E-state index in [0.717, 1.165) is 31.2 Å². The summed E-state index contributed by atoms with van der Waals surface area (Å²) in [5.41, 5.74) is 2.18. The summed E-state index contributed by atoms with van der Waals surface area (Å²) in [6, 6.07) is 4.87. The second kappa shape index (κ2) is 6.02. The lowest BCUT2D eigenvalue weighted by Gasteiger charge is -2.34. The molecule has 0 aromatic carbocycles. The lowest BCUT2D eigenvalue weighted by Crippen LogP contribution is -2.39. The number of aromatic nitrogens is 3. The molecular weight excluding hydrogens is 262 g/mol. The highest BCUT2D eigenvalue weighted by Gasteiger charge is 2.21. The van der Waals surface area contributed by atoms with Crippen molar-refractivity contribution in [2.24, 2.45) is 5.92 Å². The molecular formula is C16H25N5. The first-order valence-electron chi connectivity index (χ1n) is 7.92. The molecule has 0 atom stereocenters. The van der Waals surface area contributed by atoms with Crippen LogP contribution in [0.1, 0.15) is 32.3 Å². The van der Waals surface area contributed by atoms with Crippen LogP contribution < -0.4 is 10.2 Å². The van der Waals surface area contributed by atoms with Crippen LogP contribution in [-0.2, 0) is 0 Å². The van der Waals surface area contributed by atoms with Crippen molar-refractivity contribution in [3.63, 3.8) is 0 Å². The molecule has 5 heteroatoms. The molecule has 0 unspecified atom stereocenters. The van der Waals surface area contributed by atoms with Gasteiger partial charge in [-0.2, -0.15) is 9.61 Å². The Morgan fingerprint density at radius 3 is 2.76 bits per heavy atom. The zero-order chi connectivity index (χ0) is 14.8. The van der Waals surface area contributed by atoms with E-state index in [9.17, 15) is 0 Å². The van der Waals surface area contributed by atoms with Gasteiger partial charge in [-0.15, -0.1) is 0 Å². The van der Waals surface area contributed by atoms with Crippen molar-refractivity contribution in [1.29, 1.82) is 0 Å². The quantitative estimate of drug-likeness (QED) is 0.937. The van der Waals surface area contributed by atoms with Crippen LogP contribution in [-0.4, -0.2) is 40.3 Å². The summed E-state index contributed by atoms with van der Waals surface area (Å²) in [5.74, 6) is 1.97. The van der Waals surface area contributed by atoms with Gasteiger partial charge in [0.25, 0.3) is 0 Å². The summed E-state index contributed by atoms with van der Waals surface area (Å²) in [4.78, 5) is 6.76. The van der Waals surface area contributed by atoms with Crippen LogP contribution in [0.5, 0.6) is 0 Å². The minimum atomic E-state index is 0.578. The van der Waals surface area contributed by atoms with Crippen LogP contribution in [0.15, 0.2) is 18.5 Å². The van der Waals surface area contributed by atoms with Gasteiger partial charge in [0.15, 0.2) is 5.65 Å². The SMILES string of the molecule is Cc1cc(N2CCC(CNC(C)C)CC2)n2ncnc2c1. The maximum absolute atomic E-state index is 4.37. The summed E-state index contributed by atoms with van der Waals surface area (Å²) in [6.45, 7) is 9.88. The van der Waals surface area contributed by atoms with Crippen molar-refractivity contribution >= 4 is 11.5 Å². The molecule has 2 aromatic heterocycles. The molecule has 0 radical (unpaired) electrons. The van der Waals surface area contributed by atoms with Crippen molar-refractivity contribution in [2.75, 3.05) is 24.5 Å². The highest BCUT2D eigenvalue weighted by molar-refractivity contribution is 5.53. The van der Waals surface area contributed by atoms with E-state index in [0.29, 0.717) is 6.04 Å². The van der Waals surface area contributed by atoms with Crippen molar-refractivity contribution < 1.29 is 0 Å². The van der Waals surface area contributed by atoms with Gasteiger partial charge in [-0.1, -0.05) is 13.8 Å². The minimum Gasteiger partial charge on any atom is -0.356 e. The zero-order valence-corrected chi connectivity index (χ0v) is 13.2. The third-order valence-corrected chi connectivity index (χ3v) is 4.26. The van der Waals surface area contributed by atoms with Gasteiger partial charge in [0.1, 0.15) is 12.1 Å². The van der Waals surface area contributed by atoms with Crippen LogP contribution >= 0.6 is 0 Å². The summed E-state index contributed by atoms with van der Waals surface area (Å²) in [7, 11) is 0. The highest BCUT2D eigenvalue weighted by atomic mass is 15.4. The number of rotatable bonds is 4. The van der Waals surface area contributed by atoms with E-state index in [1.54, 1.807) is 6.33 Å². The number of anilines is 1. The van der Waals surface area contributed by atoms with Crippen molar-refractivity contribution in [3.8, 4) is 0 Å². The molecule has 1 aliphatic heterocycles.